The number of halogens is 6. The molecule has 1 saturated heterocycles. The number of rotatable bonds is 7. The van der Waals surface area contributed by atoms with Crippen molar-refractivity contribution in [3.05, 3.63) is 89.2 Å². The van der Waals surface area contributed by atoms with Crippen molar-refractivity contribution in [2.75, 3.05) is 26.2 Å². The minimum Gasteiger partial charge on any atom is -0.392 e. The van der Waals surface area contributed by atoms with Crippen LogP contribution in [0.1, 0.15) is 22.3 Å². The van der Waals surface area contributed by atoms with Crippen molar-refractivity contribution in [2.24, 2.45) is 0 Å². The molecule has 0 unspecified atom stereocenters. The number of hydrogen-bond donors (Lipinski definition) is 2. The van der Waals surface area contributed by atoms with Gasteiger partial charge in [-0.15, -0.1) is 0 Å². The predicted molar refractivity (Wildman–Crippen MR) is 129 cm³/mol. The van der Waals surface area contributed by atoms with Gasteiger partial charge >= 0.3 is 12.4 Å². The van der Waals surface area contributed by atoms with Gasteiger partial charge in [0, 0.05) is 57.2 Å². The maximum absolute atomic E-state index is 13.3. The van der Waals surface area contributed by atoms with E-state index in [2.05, 4.69) is 14.8 Å². The molecule has 0 spiro atoms. The molecule has 5 nitrogen and oxygen atoms in total. The Labute approximate surface area is 216 Å². The van der Waals surface area contributed by atoms with Crippen LogP contribution in [0.4, 0.5) is 26.3 Å². The molecule has 0 amide bonds. The average molecular weight is 540 g/mol. The van der Waals surface area contributed by atoms with Gasteiger partial charge in [0.25, 0.3) is 5.60 Å². The Morgan fingerprint density at radius 3 is 1.68 bits per heavy atom. The molecule has 2 heterocycles. The van der Waals surface area contributed by atoms with Crippen LogP contribution < -0.4 is 0 Å². The van der Waals surface area contributed by atoms with Crippen LogP contribution in [-0.4, -0.2) is 63.5 Å². The lowest BCUT2D eigenvalue weighted by Gasteiger charge is -2.34. The fraction of sp³-hybridized carbons (Fsp3) is 0.370. The highest BCUT2D eigenvalue weighted by Crippen LogP contribution is 2.50. The lowest BCUT2D eigenvalue weighted by atomic mass is 9.88. The first-order valence-electron chi connectivity index (χ1n) is 12.0. The van der Waals surface area contributed by atoms with E-state index in [9.17, 15) is 36.6 Å². The minimum atomic E-state index is -5.99. The van der Waals surface area contributed by atoms with Crippen molar-refractivity contribution in [3.8, 4) is 11.1 Å². The summed E-state index contributed by atoms with van der Waals surface area (Å²) in [5.74, 6) is 0. The zero-order chi connectivity index (χ0) is 27.6. The molecule has 0 aliphatic carbocycles. The van der Waals surface area contributed by atoms with Crippen LogP contribution in [0.2, 0.25) is 0 Å². The van der Waals surface area contributed by atoms with Gasteiger partial charge in [-0.3, -0.25) is 14.8 Å². The molecule has 38 heavy (non-hydrogen) atoms. The predicted octanol–water partition coefficient (Wildman–Crippen LogP) is 4.87. The van der Waals surface area contributed by atoms with E-state index in [1.807, 2.05) is 24.3 Å². The highest BCUT2D eigenvalue weighted by molar-refractivity contribution is 5.68. The summed E-state index contributed by atoms with van der Waals surface area (Å²) >= 11 is 0. The number of aliphatic hydroxyl groups is 2. The van der Waals surface area contributed by atoms with E-state index in [1.54, 1.807) is 24.5 Å². The van der Waals surface area contributed by atoms with Gasteiger partial charge in [0.2, 0.25) is 0 Å². The van der Waals surface area contributed by atoms with Crippen LogP contribution in [0.3, 0.4) is 0 Å². The molecular weight excluding hydrogens is 512 g/mol. The van der Waals surface area contributed by atoms with Crippen LogP contribution in [0, 0.1) is 0 Å². The van der Waals surface area contributed by atoms with Gasteiger partial charge in [-0.05, 0) is 46.0 Å². The van der Waals surface area contributed by atoms with E-state index in [4.69, 9.17) is 0 Å². The topological polar surface area (TPSA) is 59.8 Å². The summed E-state index contributed by atoms with van der Waals surface area (Å²) in [6, 6.07) is 13.3. The van der Waals surface area contributed by atoms with Crippen LogP contribution in [0.15, 0.2) is 67.0 Å². The number of nitrogens with zero attached hydrogens (tertiary/aromatic N) is 3. The standard InChI is InChI=1S/C27H27F6N3O2/c28-26(29,30)25(38,27(31,32)33)23-5-6-24(22(15-23)18-37)21-3-1-19(2-4-21)16-35-11-13-36(14-12-35)17-20-7-9-34-10-8-20/h1-10,15,37-38H,11-14,16-18H2. The minimum absolute atomic E-state index is 0.160. The summed E-state index contributed by atoms with van der Waals surface area (Å²) in [5.41, 5.74) is -3.59. The van der Waals surface area contributed by atoms with Crippen molar-refractivity contribution >= 4 is 0 Å². The first-order valence-corrected chi connectivity index (χ1v) is 12.0. The molecule has 4 rings (SSSR count). The second-order valence-electron chi connectivity index (χ2n) is 9.34. The molecule has 1 aromatic heterocycles. The number of hydrogen-bond acceptors (Lipinski definition) is 5. The molecule has 0 saturated carbocycles. The number of alkyl halides is 6. The van der Waals surface area contributed by atoms with Crippen LogP contribution in [-0.2, 0) is 25.3 Å². The molecule has 2 aromatic carbocycles. The van der Waals surface area contributed by atoms with Gasteiger partial charge in [-0.25, -0.2) is 0 Å². The molecule has 0 radical (unpaired) electrons. The smallest absolute Gasteiger partial charge is 0.392 e. The van der Waals surface area contributed by atoms with E-state index in [1.165, 1.54) is 5.56 Å². The van der Waals surface area contributed by atoms with Gasteiger partial charge in [0.05, 0.1) is 6.61 Å². The van der Waals surface area contributed by atoms with E-state index >= 15 is 0 Å². The third-order valence-electron chi connectivity index (χ3n) is 6.81. The average Bonchev–Trinajstić information content (AvgIpc) is 2.89. The monoisotopic (exact) mass is 539 g/mol. The molecule has 0 bridgehead atoms. The molecule has 1 fully saturated rings. The number of pyridine rings is 1. The molecule has 204 valence electrons. The zero-order valence-electron chi connectivity index (χ0n) is 20.3. The lowest BCUT2D eigenvalue weighted by molar-refractivity contribution is -0.376. The molecule has 0 atom stereocenters. The molecule has 2 N–H and O–H groups in total. The van der Waals surface area contributed by atoms with Gasteiger partial charge in [0.1, 0.15) is 0 Å². The number of benzene rings is 2. The lowest BCUT2D eigenvalue weighted by Crippen LogP contribution is -2.53. The number of aromatic nitrogens is 1. The highest BCUT2D eigenvalue weighted by atomic mass is 19.4. The first kappa shape index (κ1) is 28.0. The van der Waals surface area contributed by atoms with Crippen molar-refractivity contribution in [3.63, 3.8) is 0 Å². The van der Waals surface area contributed by atoms with Crippen LogP contribution in [0.25, 0.3) is 11.1 Å². The second kappa shape index (κ2) is 11.0. The van der Waals surface area contributed by atoms with Crippen LogP contribution in [0.5, 0.6) is 0 Å². The van der Waals surface area contributed by atoms with Gasteiger partial charge in [-0.1, -0.05) is 36.4 Å². The van der Waals surface area contributed by atoms with Gasteiger partial charge in [-0.2, -0.15) is 26.3 Å². The Hall–Kier alpha value is -2.99. The summed E-state index contributed by atoms with van der Waals surface area (Å²) in [6.07, 6.45) is -8.44. The van der Waals surface area contributed by atoms with Crippen LogP contribution >= 0.6 is 0 Å². The third kappa shape index (κ3) is 5.85. The van der Waals surface area contributed by atoms with E-state index in [-0.39, 0.29) is 11.1 Å². The van der Waals surface area contributed by atoms with Crippen molar-refractivity contribution < 1.29 is 36.6 Å². The Balaban J connectivity index is 1.44. The summed E-state index contributed by atoms with van der Waals surface area (Å²) in [6.45, 7) is 4.33. The molecule has 3 aromatic rings. The molecular formula is C27H27F6N3O2. The summed E-state index contributed by atoms with van der Waals surface area (Å²) in [5, 5.41) is 19.4. The highest BCUT2D eigenvalue weighted by Gasteiger charge is 2.71. The fourth-order valence-electron chi connectivity index (χ4n) is 4.62. The first-order chi connectivity index (χ1) is 17.9. The number of aliphatic hydroxyl groups excluding tert-OH is 1. The van der Waals surface area contributed by atoms with Gasteiger partial charge < -0.3 is 10.2 Å². The largest absolute Gasteiger partial charge is 0.430 e. The Morgan fingerprint density at radius 2 is 1.21 bits per heavy atom. The van der Waals surface area contributed by atoms with E-state index in [0.29, 0.717) is 24.2 Å². The van der Waals surface area contributed by atoms with Crippen molar-refractivity contribution in [2.45, 2.75) is 37.7 Å². The maximum atomic E-state index is 13.3. The Morgan fingerprint density at radius 1 is 0.711 bits per heavy atom. The third-order valence-corrected chi connectivity index (χ3v) is 6.81. The maximum Gasteiger partial charge on any atom is 0.430 e. The molecule has 1 aliphatic rings. The fourth-order valence-corrected chi connectivity index (χ4v) is 4.62. The van der Waals surface area contributed by atoms with E-state index in [0.717, 1.165) is 44.4 Å². The molecule has 11 heteroatoms. The summed E-state index contributed by atoms with van der Waals surface area (Å²) < 4.78 is 79.6. The van der Waals surface area contributed by atoms with Gasteiger partial charge in [0.15, 0.2) is 0 Å². The van der Waals surface area contributed by atoms with E-state index < -0.39 is 30.1 Å². The zero-order valence-corrected chi connectivity index (χ0v) is 20.3. The normalized spacial score (nSPS) is 16.1. The summed E-state index contributed by atoms with van der Waals surface area (Å²) in [4.78, 5) is 8.71. The van der Waals surface area contributed by atoms with Crippen molar-refractivity contribution in [1.29, 1.82) is 0 Å². The molecule has 1 aliphatic heterocycles. The SMILES string of the molecule is OCc1cc(C(O)(C(F)(F)F)C(F)(F)F)ccc1-c1ccc(CN2CCN(Cc3ccncc3)CC2)cc1. The Bertz CT molecular complexity index is 1190. The quantitative estimate of drug-likeness (QED) is 0.420. The second-order valence-corrected chi connectivity index (χ2v) is 9.34. The number of piperazine rings is 1. The Kier molecular flexibility index (Phi) is 8.12. The van der Waals surface area contributed by atoms with Crippen molar-refractivity contribution in [1.82, 2.24) is 14.8 Å². The summed E-state index contributed by atoms with van der Waals surface area (Å²) in [7, 11) is 0.